The summed E-state index contributed by atoms with van der Waals surface area (Å²) in [6.45, 7) is 5.90. The van der Waals surface area contributed by atoms with Gasteiger partial charge in [-0.3, -0.25) is 9.59 Å². The number of benzene rings is 2. The number of aliphatic carboxylic acids is 1. The maximum Gasteiger partial charge on any atom is 0.326 e. The molecule has 2 aromatic carbocycles. The van der Waals surface area contributed by atoms with Crippen LogP contribution in [0.2, 0.25) is 0 Å². The number of nitrogens with one attached hydrogen (secondary N) is 1. The highest BCUT2D eigenvalue weighted by Gasteiger charge is 2.25. The van der Waals surface area contributed by atoms with Crippen LogP contribution in [-0.2, 0) is 11.3 Å². The molecule has 0 spiro atoms. The summed E-state index contributed by atoms with van der Waals surface area (Å²) in [6, 6.07) is 15.2. The molecule has 0 saturated carbocycles. The van der Waals surface area contributed by atoms with Crippen LogP contribution in [0.3, 0.4) is 0 Å². The van der Waals surface area contributed by atoms with Gasteiger partial charge in [-0.2, -0.15) is 0 Å². The Labute approximate surface area is 205 Å². The number of methoxy groups -OCH3 is 1. The van der Waals surface area contributed by atoms with E-state index in [2.05, 4.69) is 5.32 Å². The van der Waals surface area contributed by atoms with Gasteiger partial charge in [0.15, 0.2) is 0 Å². The first kappa shape index (κ1) is 25.5. The molecule has 35 heavy (non-hydrogen) atoms. The fourth-order valence-corrected chi connectivity index (χ4v) is 3.67. The second kappa shape index (κ2) is 11.3. The minimum atomic E-state index is -1.09. The fraction of sp³-hybridized carbons (Fsp3) is 0.250. The summed E-state index contributed by atoms with van der Waals surface area (Å²) in [5.74, 6) is -1.58. The van der Waals surface area contributed by atoms with Crippen molar-refractivity contribution in [2.24, 2.45) is 5.92 Å². The van der Waals surface area contributed by atoms with Gasteiger partial charge in [0.2, 0.25) is 5.78 Å². The van der Waals surface area contributed by atoms with Crippen LogP contribution >= 0.6 is 0 Å². The monoisotopic (exact) mass is 474 g/mol. The topological polar surface area (TPSA) is 97.6 Å². The van der Waals surface area contributed by atoms with Gasteiger partial charge >= 0.3 is 5.97 Å². The number of carbonyl (C=O) groups is 3. The van der Waals surface area contributed by atoms with E-state index in [-0.39, 0.29) is 17.3 Å². The fourth-order valence-electron chi connectivity index (χ4n) is 3.67. The van der Waals surface area contributed by atoms with E-state index in [9.17, 15) is 19.5 Å². The third-order valence-electron chi connectivity index (χ3n) is 5.68. The molecule has 0 fully saturated rings. The lowest BCUT2D eigenvalue weighted by molar-refractivity contribution is -0.140. The molecule has 0 radical (unpaired) electrons. The highest BCUT2D eigenvalue weighted by atomic mass is 16.5. The number of carboxylic acid groups (broad SMARTS) is 1. The van der Waals surface area contributed by atoms with Crippen LogP contribution < -0.4 is 10.1 Å². The number of hydrogen-bond acceptors (Lipinski definition) is 4. The number of aromatic nitrogens is 1. The molecule has 1 heterocycles. The molecule has 0 unspecified atom stereocenters. The summed E-state index contributed by atoms with van der Waals surface area (Å²) < 4.78 is 7.16. The van der Waals surface area contributed by atoms with Gasteiger partial charge in [-0.05, 0) is 42.7 Å². The van der Waals surface area contributed by atoms with Crippen molar-refractivity contribution >= 4 is 23.7 Å². The van der Waals surface area contributed by atoms with Crippen molar-refractivity contribution in [3.63, 3.8) is 0 Å². The first-order chi connectivity index (χ1) is 16.7. The molecule has 0 aliphatic rings. The van der Waals surface area contributed by atoms with Gasteiger partial charge in [0.1, 0.15) is 11.8 Å². The number of carbonyl (C=O) groups excluding carboxylic acids is 2. The lowest BCUT2D eigenvalue weighted by Crippen LogP contribution is -2.44. The van der Waals surface area contributed by atoms with E-state index in [0.29, 0.717) is 23.6 Å². The van der Waals surface area contributed by atoms with Crippen LogP contribution in [0.1, 0.15) is 51.4 Å². The number of aryl methyl sites for hydroxylation is 1. The van der Waals surface area contributed by atoms with Crippen LogP contribution in [-0.4, -0.2) is 40.5 Å². The first-order valence-electron chi connectivity index (χ1n) is 11.4. The Morgan fingerprint density at radius 1 is 1.09 bits per heavy atom. The van der Waals surface area contributed by atoms with Crippen molar-refractivity contribution in [2.45, 2.75) is 33.4 Å². The summed E-state index contributed by atoms with van der Waals surface area (Å²) in [7, 11) is 1.46. The Kier molecular flexibility index (Phi) is 8.25. The molecule has 1 aromatic heterocycles. The third kappa shape index (κ3) is 6.26. The number of rotatable bonds is 10. The van der Waals surface area contributed by atoms with E-state index in [1.165, 1.54) is 7.11 Å². The molecule has 7 nitrogen and oxygen atoms in total. The van der Waals surface area contributed by atoms with Gasteiger partial charge in [0.05, 0.1) is 18.4 Å². The molecule has 0 saturated heterocycles. The number of amides is 1. The number of ether oxygens (including phenoxy) is 1. The van der Waals surface area contributed by atoms with Gasteiger partial charge in [-0.1, -0.05) is 61.9 Å². The predicted molar refractivity (Wildman–Crippen MR) is 135 cm³/mol. The maximum absolute atomic E-state index is 12.9. The number of ketones is 1. The predicted octanol–water partition coefficient (Wildman–Crippen LogP) is 4.59. The molecule has 0 aliphatic carbocycles. The molecule has 0 aliphatic heterocycles. The molecule has 1 amide bonds. The molecule has 7 heteroatoms. The Morgan fingerprint density at radius 3 is 2.43 bits per heavy atom. The maximum atomic E-state index is 12.9. The van der Waals surface area contributed by atoms with Crippen molar-refractivity contribution in [1.29, 1.82) is 0 Å². The summed E-state index contributed by atoms with van der Waals surface area (Å²) in [5.41, 5.74) is 3.30. The molecule has 3 rings (SSSR count). The normalized spacial score (nSPS) is 12.0. The van der Waals surface area contributed by atoms with E-state index < -0.39 is 17.9 Å². The number of carboxylic acids is 1. The highest BCUT2D eigenvalue weighted by molar-refractivity contribution is 6.08. The van der Waals surface area contributed by atoms with E-state index in [0.717, 1.165) is 11.1 Å². The van der Waals surface area contributed by atoms with Crippen molar-refractivity contribution in [3.8, 4) is 5.75 Å². The Hall–Kier alpha value is -4.13. The summed E-state index contributed by atoms with van der Waals surface area (Å²) in [5, 5.41) is 12.0. The van der Waals surface area contributed by atoms with Crippen LogP contribution in [0.25, 0.3) is 6.08 Å². The van der Waals surface area contributed by atoms with Crippen molar-refractivity contribution < 1.29 is 24.2 Å². The minimum Gasteiger partial charge on any atom is -0.496 e. The largest absolute Gasteiger partial charge is 0.496 e. The van der Waals surface area contributed by atoms with Gasteiger partial charge < -0.3 is 19.7 Å². The minimum absolute atomic E-state index is 0.0510. The lowest BCUT2D eigenvalue weighted by Gasteiger charge is -2.19. The average Bonchev–Trinajstić information content (AvgIpc) is 3.30. The zero-order valence-corrected chi connectivity index (χ0v) is 20.3. The van der Waals surface area contributed by atoms with Crippen LogP contribution in [0.5, 0.6) is 5.75 Å². The van der Waals surface area contributed by atoms with Gasteiger partial charge in [-0.15, -0.1) is 0 Å². The van der Waals surface area contributed by atoms with Crippen molar-refractivity contribution in [3.05, 3.63) is 94.8 Å². The second-order valence-electron chi connectivity index (χ2n) is 8.64. The van der Waals surface area contributed by atoms with Gasteiger partial charge in [0, 0.05) is 18.3 Å². The highest BCUT2D eigenvalue weighted by Crippen LogP contribution is 2.21. The molecule has 182 valence electrons. The average molecular weight is 475 g/mol. The Morgan fingerprint density at radius 2 is 1.80 bits per heavy atom. The number of nitrogens with zero attached hydrogens (tertiary/aromatic N) is 1. The smallest absolute Gasteiger partial charge is 0.326 e. The standard InChI is InChI=1S/C28H30N2O5/c1-18(2)25(28(33)34)29-27(32)22-17-20(11-14-24(22)35-4)7-5-15-30-16-6-8-23(30)26(31)21-12-9-19(3)10-13-21/h5-14,16-18,25H,15H2,1-4H3,(H,29,32)(H,33,34)/b7-5+/t25-/m0/s1. The van der Waals surface area contributed by atoms with E-state index in [4.69, 9.17) is 4.74 Å². The SMILES string of the molecule is COc1ccc(/C=C/Cn2cccc2C(=O)c2ccc(C)cc2)cc1C(=O)N[C@H](C(=O)O)C(C)C. The zero-order chi connectivity index (χ0) is 25.5. The van der Waals surface area contributed by atoms with Gasteiger partial charge in [-0.25, -0.2) is 4.79 Å². The molecule has 0 bridgehead atoms. The molecular weight excluding hydrogens is 444 g/mol. The molecule has 1 atom stereocenters. The zero-order valence-electron chi connectivity index (χ0n) is 20.3. The second-order valence-corrected chi connectivity index (χ2v) is 8.64. The summed E-state index contributed by atoms with van der Waals surface area (Å²) in [4.78, 5) is 37.2. The Balaban J connectivity index is 1.77. The molecule has 2 N–H and O–H groups in total. The Bertz CT molecular complexity index is 1240. The van der Waals surface area contributed by atoms with Crippen LogP contribution in [0.15, 0.2) is 66.9 Å². The van der Waals surface area contributed by atoms with Crippen molar-refractivity contribution in [1.82, 2.24) is 9.88 Å². The first-order valence-corrected chi connectivity index (χ1v) is 11.4. The number of hydrogen-bond donors (Lipinski definition) is 2. The van der Waals surface area contributed by atoms with Crippen LogP contribution in [0, 0.1) is 12.8 Å². The molecule has 3 aromatic rings. The van der Waals surface area contributed by atoms with Crippen LogP contribution in [0.4, 0.5) is 0 Å². The van der Waals surface area contributed by atoms with E-state index >= 15 is 0 Å². The van der Waals surface area contributed by atoms with Gasteiger partial charge in [0.25, 0.3) is 5.91 Å². The summed E-state index contributed by atoms with van der Waals surface area (Å²) in [6.07, 6.45) is 5.58. The lowest BCUT2D eigenvalue weighted by atomic mass is 10.0. The van der Waals surface area contributed by atoms with E-state index in [1.54, 1.807) is 38.1 Å². The third-order valence-corrected chi connectivity index (χ3v) is 5.68. The van der Waals surface area contributed by atoms with E-state index in [1.807, 2.05) is 60.2 Å². The number of allylic oxidation sites excluding steroid dienone is 1. The summed E-state index contributed by atoms with van der Waals surface area (Å²) >= 11 is 0. The molecular formula is C28H30N2O5. The van der Waals surface area contributed by atoms with Crippen molar-refractivity contribution in [2.75, 3.05) is 7.11 Å². The quantitative estimate of drug-likeness (QED) is 0.419.